The summed E-state index contributed by atoms with van der Waals surface area (Å²) in [6, 6.07) is 9.63. The van der Waals surface area contributed by atoms with Gasteiger partial charge in [0.15, 0.2) is 6.61 Å². The molecule has 2 heterocycles. The van der Waals surface area contributed by atoms with E-state index in [0.29, 0.717) is 12.2 Å². The van der Waals surface area contributed by atoms with Crippen LogP contribution in [0.2, 0.25) is 0 Å². The van der Waals surface area contributed by atoms with Crippen molar-refractivity contribution in [3.63, 3.8) is 0 Å². The van der Waals surface area contributed by atoms with Crippen LogP contribution in [0, 0.1) is 13.8 Å². The number of esters is 1. The molecule has 0 amide bonds. The minimum atomic E-state index is -0.410. The molecule has 3 rings (SSSR count). The van der Waals surface area contributed by atoms with Crippen molar-refractivity contribution in [2.45, 2.75) is 33.2 Å². The van der Waals surface area contributed by atoms with Crippen LogP contribution in [0.3, 0.4) is 0 Å². The van der Waals surface area contributed by atoms with Gasteiger partial charge in [0.05, 0.1) is 6.42 Å². The van der Waals surface area contributed by atoms with Gasteiger partial charge in [-0.25, -0.2) is 0 Å². The monoisotopic (exact) mass is 382 g/mol. The van der Waals surface area contributed by atoms with Crippen molar-refractivity contribution in [2.75, 3.05) is 20.3 Å². The van der Waals surface area contributed by atoms with Crippen LogP contribution < -0.4 is 0 Å². The number of aromatic nitrogens is 2. The molecule has 3 aromatic rings. The number of para-hydroxylation sites is 1. The smallest absolute Gasteiger partial charge is 0.310 e. The topological polar surface area (TPSA) is 73.3 Å². The molecule has 1 aromatic carbocycles. The molecule has 2 aromatic heterocycles. The number of rotatable bonds is 9. The SMILES string of the molecule is COCCCn1c(C)cc(C(=O)COC(=O)Cc2c[nH]c3ccccc23)c1C. The van der Waals surface area contributed by atoms with Crippen LogP contribution in [0.5, 0.6) is 0 Å². The number of nitrogens with one attached hydrogen (secondary N) is 1. The standard InChI is InChI=1S/C22H26N2O4/c1-15-11-19(16(2)24(15)9-6-10-27-3)21(25)14-28-22(26)12-17-13-23-20-8-5-4-7-18(17)20/h4-5,7-8,11,13,23H,6,9-10,12,14H2,1-3H3. The van der Waals surface area contributed by atoms with Crippen molar-refractivity contribution < 1.29 is 19.1 Å². The summed E-state index contributed by atoms with van der Waals surface area (Å²) >= 11 is 0. The van der Waals surface area contributed by atoms with Gasteiger partial charge in [-0.1, -0.05) is 18.2 Å². The zero-order chi connectivity index (χ0) is 20.1. The molecule has 0 aliphatic rings. The van der Waals surface area contributed by atoms with Gasteiger partial charge in [-0.15, -0.1) is 0 Å². The predicted octanol–water partition coefficient (Wildman–Crippen LogP) is 3.59. The highest BCUT2D eigenvalue weighted by molar-refractivity contribution is 5.99. The first-order valence-corrected chi connectivity index (χ1v) is 9.40. The number of fused-ring (bicyclic) bond motifs is 1. The highest BCUT2D eigenvalue weighted by Crippen LogP contribution is 2.19. The maximum Gasteiger partial charge on any atom is 0.310 e. The Morgan fingerprint density at radius 2 is 1.96 bits per heavy atom. The highest BCUT2D eigenvalue weighted by Gasteiger charge is 2.18. The maximum absolute atomic E-state index is 12.6. The average Bonchev–Trinajstić information content (AvgIpc) is 3.22. The van der Waals surface area contributed by atoms with E-state index in [1.165, 1.54) is 0 Å². The lowest BCUT2D eigenvalue weighted by atomic mass is 10.1. The fourth-order valence-corrected chi connectivity index (χ4v) is 3.50. The fourth-order valence-electron chi connectivity index (χ4n) is 3.50. The number of nitrogens with zero attached hydrogens (tertiary/aromatic N) is 1. The van der Waals surface area contributed by atoms with Gasteiger partial charge < -0.3 is 19.0 Å². The molecule has 0 atom stereocenters. The lowest BCUT2D eigenvalue weighted by Gasteiger charge is -2.09. The van der Waals surface area contributed by atoms with Crippen molar-refractivity contribution in [2.24, 2.45) is 0 Å². The number of ketones is 1. The highest BCUT2D eigenvalue weighted by atomic mass is 16.5. The number of benzene rings is 1. The largest absolute Gasteiger partial charge is 0.457 e. The van der Waals surface area contributed by atoms with E-state index in [-0.39, 0.29) is 18.8 Å². The molecule has 148 valence electrons. The van der Waals surface area contributed by atoms with E-state index < -0.39 is 5.97 Å². The van der Waals surface area contributed by atoms with Gasteiger partial charge in [0.2, 0.25) is 5.78 Å². The molecule has 0 aliphatic carbocycles. The van der Waals surface area contributed by atoms with E-state index in [0.717, 1.165) is 40.8 Å². The molecule has 0 bridgehead atoms. The molecule has 1 N–H and O–H groups in total. The van der Waals surface area contributed by atoms with E-state index in [1.807, 2.05) is 44.2 Å². The molecule has 6 heteroatoms. The number of carbonyl (C=O) groups is 2. The summed E-state index contributed by atoms with van der Waals surface area (Å²) in [5.41, 5.74) is 4.36. The van der Waals surface area contributed by atoms with Gasteiger partial charge in [0, 0.05) is 54.3 Å². The fraction of sp³-hybridized carbons (Fsp3) is 0.364. The normalized spacial score (nSPS) is 11.1. The third-order valence-corrected chi connectivity index (χ3v) is 4.98. The second-order valence-electron chi connectivity index (χ2n) is 6.90. The van der Waals surface area contributed by atoms with E-state index >= 15 is 0 Å². The Bertz CT molecular complexity index is 984. The molecule has 0 aliphatic heterocycles. The first-order valence-electron chi connectivity index (χ1n) is 9.40. The molecule has 0 saturated carbocycles. The van der Waals surface area contributed by atoms with Crippen LogP contribution in [-0.4, -0.2) is 41.6 Å². The number of methoxy groups -OCH3 is 1. The van der Waals surface area contributed by atoms with Crippen LogP contribution in [-0.2, 0) is 27.2 Å². The Morgan fingerprint density at radius 1 is 1.18 bits per heavy atom. The molecular weight excluding hydrogens is 356 g/mol. The average molecular weight is 382 g/mol. The number of aryl methyl sites for hydroxylation is 1. The van der Waals surface area contributed by atoms with Gasteiger partial charge in [-0.2, -0.15) is 0 Å². The van der Waals surface area contributed by atoms with Crippen molar-refractivity contribution in [1.82, 2.24) is 9.55 Å². The van der Waals surface area contributed by atoms with Crippen LogP contribution in [0.1, 0.15) is 33.7 Å². The third kappa shape index (κ3) is 4.34. The molecule has 0 unspecified atom stereocenters. The number of carbonyl (C=O) groups excluding carboxylic acids is 2. The zero-order valence-electron chi connectivity index (χ0n) is 16.6. The van der Waals surface area contributed by atoms with E-state index in [1.54, 1.807) is 13.3 Å². The Labute approximate surface area is 164 Å². The van der Waals surface area contributed by atoms with E-state index in [9.17, 15) is 9.59 Å². The Balaban J connectivity index is 1.59. The number of ether oxygens (including phenoxy) is 2. The summed E-state index contributed by atoms with van der Waals surface area (Å²) in [6.07, 6.45) is 2.81. The van der Waals surface area contributed by atoms with Gasteiger partial charge >= 0.3 is 5.97 Å². The summed E-state index contributed by atoms with van der Waals surface area (Å²) in [5, 5.41) is 0.991. The molecular formula is C22H26N2O4. The van der Waals surface area contributed by atoms with Crippen molar-refractivity contribution in [3.05, 3.63) is 59.0 Å². The first kappa shape index (κ1) is 19.9. The van der Waals surface area contributed by atoms with Crippen LogP contribution >= 0.6 is 0 Å². The quantitative estimate of drug-likeness (QED) is 0.349. The van der Waals surface area contributed by atoms with Crippen LogP contribution in [0.15, 0.2) is 36.5 Å². The summed E-state index contributed by atoms with van der Waals surface area (Å²) in [7, 11) is 1.68. The second kappa shape index (κ2) is 8.89. The van der Waals surface area contributed by atoms with Gasteiger partial charge in [0.1, 0.15) is 0 Å². The lowest BCUT2D eigenvalue weighted by Crippen LogP contribution is -2.16. The number of Topliss-reactive ketones (excluding diaryl/α,β-unsaturated/α-hetero) is 1. The van der Waals surface area contributed by atoms with Crippen molar-refractivity contribution in [3.8, 4) is 0 Å². The second-order valence-corrected chi connectivity index (χ2v) is 6.90. The van der Waals surface area contributed by atoms with Crippen LogP contribution in [0.4, 0.5) is 0 Å². The Kier molecular flexibility index (Phi) is 6.31. The number of aromatic amines is 1. The van der Waals surface area contributed by atoms with Gasteiger partial charge in [-0.3, -0.25) is 9.59 Å². The third-order valence-electron chi connectivity index (χ3n) is 4.98. The molecule has 28 heavy (non-hydrogen) atoms. The summed E-state index contributed by atoms with van der Waals surface area (Å²) in [6.45, 7) is 5.11. The van der Waals surface area contributed by atoms with E-state index in [4.69, 9.17) is 9.47 Å². The summed E-state index contributed by atoms with van der Waals surface area (Å²) < 4.78 is 12.4. The van der Waals surface area contributed by atoms with Gasteiger partial charge in [-0.05, 0) is 38.0 Å². The number of hydrogen-bond acceptors (Lipinski definition) is 4. The molecule has 6 nitrogen and oxygen atoms in total. The lowest BCUT2D eigenvalue weighted by molar-refractivity contribution is -0.141. The van der Waals surface area contributed by atoms with Gasteiger partial charge in [0.25, 0.3) is 0 Å². The maximum atomic E-state index is 12.6. The predicted molar refractivity (Wildman–Crippen MR) is 108 cm³/mol. The number of H-pyrrole nitrogens is 1. The molecule has 0 saturated heterocycles. The molecule has 0 spiro atoms. The van der Waals surface area contributed by atoms with Crippen molar-refractivity contribution >= 4 is 22.7 Å². The van der Waals surface area contributed by atoms with Crippen molar-refractivity contribution in [1.29, 1.82) is 0 Å². The Morgan fingerprint density at radius 3 is 2.75 bits per heavy atom. The minimum absolute atomic E-state index is 0.132. The Hall–Kier alpha value is -2.86. The summed E-state index contributed by atoms with van der Waals surface area (Å²) in [4.78, 5) is 27.9. The first-order chi connectivity index (χ1) is 13.5. The van der Waals surface area contributed by atoms with Crippen LogP contribution in [0.25, 0.3) is 10.9 Å². The molecule has 0 radical (unpaired) electrons. The van der Waals surface area contributed by atoms with E-state index in [2.05, 4.69) is 9.55 Å². The minimum Gasteiger partial charge on any atom is -0.457 e. The number of hydrogen-bond donors (Lipinski definition) is 1. The summed E-state index contributed by atoms with van der Waals surface area (Å²) in [5.74, 6) is -0.592. The zero-order valence-corrected chi connectivity index (χ0v) is 16.6. The molecule has 0 fully saturated rings.